The molecule has 0 aromatic carbocycles. The summed E-state index contributed by atoms with van der Waals surface area (Å²) in [4.78, 5) is 0. The highest BCUT2D eigenvalue weighted by atomic mass is 32.2. The number of hydrogen-bond donors (Lipinski definition) is 1. The maximum atomic E-state index is 3.62. The van der Waals surface area contributed by atoms with E-state index in [1.807, 2.05) is 11.8 Å². The molecule has 1 saturated carbocycles. The number of rotatable bonds is 4. The van der Waals surface area contributed by atoms with Crippen LogP contribution in [0.1, 0.15) is 33.6 Å². The molecule has 0 aliphatic heterocycles. The van der Waals surface area contributed by atoms with E-state index in [1.165, 1.54) is 12.8 Å². The van der Waals surface area contributed by atoms with Crippen molar-refractivity contribution in [3.63, 3.8) is 0 Å². The average Bonchev–Trinajstić information content (AvgIpc) is 1.96. The predicted octanol–water partition coefficient (Wildman–Crippen LogP) is 2.52. The average molecular weight is 187 g/mol. The maximum Gasteiger partial charge on any atom is 0.0225 e. The van der Waals surface area contributed by atoms with Crippen molar-refractivity contribution >= 4 is 11.8 Å². The zero-order valence-corrected chi connectivity index (χ0v) is 9.50. The standard InChI is InChI=1S/C10H21NS/c1-8-5-9(6-8)11-7-10(2,3)12-4/h8-9,11H,5-7H2,1-4H3. The van der Waals surface area contributed by atoms with Gasteiger partial charge in [0.15, 0.2) is 0 Å². The molecule has 0 amide bonds. The summed E-state index contributed by atoms with van der Waals surface area (Å²) in [6.45, 7) is 8.07. The normalized spacial score (nSPS) is 30.0. The third-order valence-corrected chi connectivity index (χ3v) is 3.99. The van der Waals surface area contributed by atoms with E-state index in [1.54, 1.807) is 0 Å². The molecule has 2 heteroatoms. The number of hydrogen-bond acceptors (Lipinski definition) is 2. The Morgan fingerprint density at radius 2 is 2.00 bits per heavy atom. The smallest absolute Gasteiger partial charge is 0.0225 e. The first-order valence-electron chi connectivity index (χ1n) is 4.82. The molecular weight excluding hydrogens is 166 g/mol. The Morgan fingerprint density at radius 1 is 1.42 bits per heavy atom. The molecule has 1 aliphatic carbocycles. The lowest BCUT2D eigenvalue weighted by atomic mass is 9.82. The lowest BCUT2D eigenvalue weighted by Crippen LogP contribution is -2.45. The quantitative estimate of drug-likeness (QED) is 0.726. The van der Waals surface area contributed by atoms with Gasteiger partial charge in [-0.2, -0.15) is 11.8 Å². The van der Waals surface area contributed by atoms with E-state index in [-0.39, 0.29) is 0 Å². The van der Waals surface area contributed by atoms with Crippen molar-refractivity contribution in [3.05, 3.63) is 0 Å². The minimum absolute atomic E-state index is 0.402. The van der Waals surface area contributed by atoms with Crippen LogP contribution in [-0.4, -0.2) is 23.6 Å². The van der Waals surface area contributed by atoms with Gasteiger partial charge in [0, 0.05) is 17.3 Å². The SMILES string of the molecule is CSC(C)(C)CNC1CC(C)C1. The molecule has 0 atom stereocenters. The van der Waals surface area contributed by atoms with Gasteiger partial charge >= 0.3 is 0 Å². The minimum atomic E-state index is 0.402. The molecule has 1 N–H and O–H groups in total. The summed E-state index contributed by atoms with van der Waals surface area (Å²) in [5, 5.41) is 3.62. The van der Waals surface area contributed by atoms with Crippen molar-refractivity contribution in [2.45, 2.75) is 44.4 Å². The summed E-state index contributed by atoms with van der Waals surface area (Å²) >= 11 is 1.94. The molecule has 1 rings (SSSR count). The van der Waals surface area contributed by atoms with Crippen LogP contribution in [0.4, 0.5) is 0 Å². The van der Waals surface area contributed by atoms with Crippen LogP contribution in [0.25, 0.3) is 0 Å². The van der Waals surface area contributed by atoms with Crippen molar-refractivity contribution < 1.29 is 0 Å². The first-order chi connectivity index (χ1) is 5.53. The van der Waals surface area contributed by atoms with Gasteiger partial charge in [-0.1, -0.05) is 6.92 Å². The van der Waals surface area contributed by atoms with Gasteiger partial charge in [-0.25, -0.2) is 0 Å². The van der Waals surface area contributed by atoms with Gasteiger partial charge in [0.2, 0.25) is 0 Å². The molecule has 1 fully saturated rings. The van der Waals surface area contributed by atoms with E-state index in [9.17, 15) is 0 Å². The van der Waals surface area contributed by atoms with Crippen LogP contribution in [0, 0.1) is 5.92 Å². The highest BCUT2D eigenvalue weighted by molar-refractivity contribution is 7.99. The Hall–Kier alpha value is 0.310. The molecule has 72 valence electrons. The number of nitrogens with one attached hydrogen (secondary N) is 1. The molecule has 0 unspecified atom stereocenters. The van der Waals surface area contributed by atoms with E-state index >= 15 is 0 Å². The van der Waals surface area contributed by atoms with Crippen molar-refractivity contribution in [3.8, 4) is 0 Å². The third-order valence-electron chi connectivity index (χ3n) is 2.74. The third kappa shape index (κ3) is 2.98. The summed E-state index contributed by atoms with van der Waals surface area (Å²) < 4.78 is 0.402. The second-order valence-corrected chi connectivity index (χ2v) is 6.13. The first-order valence-corrected chi connectivity index (χ1v) is 6.04. The summed E-state index contributed by atoms with van der Waals surface area (Å²) in [5.74, 6) is 0.958. The molecule has 1 nitrogen and oxygen atoms in total. The van der Waals surface area contributed by atoms with Crippen molar-refractivity contribution in [1.82, 2.24) is 5.32 Å². The molecule has 0 aromatic rings. The first kappa shape index (κ1) is 10.4. The largest absolute Gasteiger partial charge is 0.313 e. The van der Waals surface area contributed by atoms with Crippen LogP contribution in [0.3, 0.4) is 0 Å². The minimum Gasteiger partial charge on any atom is -0.313 e. The zero-order valence-electron chi connectivity index (χ0n) is 8.68. The van der Waals surface area contributed by atoms with Crippen LogP contribution < -0.4 is 5.32 Å². The van der Waals surface area contributed by atoms with Gasteiger partial charge in [0.05, 0.1) is 0 Å². The van der Waals surface area contributed by atoms with Crippen LogP contribution >= 0.6 is 11.8 Å². The summed E-state index contributed by atoms with van der Waals surface area (Å²) in [6.07, 6.45) is 4.94. The predicted molar refractivity (Wildman–Crippen MR) is 57.8 cm³/mol. The van der Waals surface area contributed by atoms with E-state index < -0.39 is 0 Å². The summed E-state index contributed by atoms with van der Waals surface area (Å²) in [6, 6.07) is 0.812. The second kappa shape index (κ2) is 4.01. The Morgan fingerprint density at radius 3 is 2.42 bits per heavy atom. The van der Waals surface area contributed by atoms with E-state index in [0.717, 1.165) is 18.5 Å². The molecule has 0 spiro atoms. The molecule has 0 bridgehead atoms. The van der Waals surface area contributed by atoms with Gasteiger partial charge in [-0.05, 0) is 38.9 Å². The van der Waals surface area contributed by atoms with E-state index in [4.69, 9.17) is 0 Å². The Bertz CT molecular complexity index is 139. The van der Waals surface area contributed by atoms with Crippen molar-refractivity contribution in [2.75, 3.05) is 12.8 Å². The molecule has 12 heavy (non-hydrogen) atoms. The fourth-order valence-electron chi connectivity index (χ4n) is 1.53. The Labute approximate surface area is 80.7 Å². The highest BCUT2D eigenvalue weighted by Gasteiger charge is 2.26. The van der Waals surface area contributed by atoms with Crippen molar-refractivity contribution in [2.24, 2.45) is 5.92 Å². The molecule has 0 saturated heterocycles. The fraction of sp³-hybridized carbons (Fsp3) is 1.00. The summed E-state index contributed by atoms with van der Waals surface area (Å²) in [5.41, 5.74) is 0. The molecular formula is C10H21NS. The fourth-order valence-corrected chi connectivity index (χ4v) is 1.76. The van der Waals surface area contributed by atoms with Gasteiger partial charge < -0.3 is 5.32 Å². The topological polar surface area (TPSA) is 12.0 Å². The Kier molecular flexibility index (Phi) is 3.47. The molecule has 0 radical (unpaired) electrons. The van der Waals surface area contributed by atoms with E-state index in [0.29, 0.717) is 4.75 Å². The Balaban J connectivity index is 2.10. The van der Waals surface area contributed by atoms with Crippen LogP contribution in [0.15, 0.2) is 0 Å². The van der Waals surface area contributed by atoms with Gasteiger partial charge in [-0.15, -0.1) is 0 Å². The molecule has 1 aliphatic rings. The van der Waals surface area contributed by atoms with Gasteiger partial charge in [0.25, 0.3) is 0 Å². The monoisotopic (exact) mass is 187 g/mol. The zero-order chi connectivity index (χ0) is 9.19. The van der Waals surface area contributed by atoms with Crippen molar-refractivity contribution in [1.29, 1.82) is 0 Å². The van der Waals surface area contributed by atoms with Gasteiger partial charge in [-0.3, -0.25) is 0 Å². The second-order valence-electron chi connectivity index (χ2n) is 4.62. The maximum absolute atomic E-state index is 3.62. The van der Waals surface area contributed by atoms with Crippen LogP contribution in [-0.2, 0) is 0 Å². The molecule has 0 heterocycles. The lowest BCUT2D eigenvalue weighted by Gasteiger charge is -2.36. The van der Waals surface area contributed by atoms with Crippen LogP contribution in [0.5, 0.6) is 0 Å². The lowest BCUT2D eigenvalue weighted by molar-refractivity contribution is 0.238. The molecule has 0 aromatic heterocycles. The highest BCUT2D eigenvalue weighted by Crippen LogP contribution is 2.27. The van der Waals surface area contributed by atoms with Gasteiger partial charge in [0.1, 0.15) is 0 Å². The summed E-state index contributed by atoms with van der Waals surface area (Å²) in [7, 11) is 0. The van der Waals surface area contributed by atoms with E-state index in [2.05, 4.69) is 32.3 Å². The number of thioether (sulfide) groups is 1. The van der Waals surface area contributed by atoms with Crippen LogP contribution in [0.2, 0.25) is 0 Å².